The summed E-state index contributed by atoms with van der Waals surface area (Å²) >= 11 is 0. The molecule has 3 N–H and O–H groups in total. The van der Waals surface area contributed by atoms with Crippen LogP contribution in [-0.2, 0) is 0 Å². The topological polar surface area (TPSA) is 60.7 Å². The Kier molecular flexibility index (Phi) is 6.33. The summed E-state index contributed by atoms with van der Waals surface area (Å²) in [4.78, 5) is 0. The SMILES string of the molecule is CC(C)=CCC[C@@H](C)[C@@H]1[C@H](O)C[C@]2(C)C3=CC[C@H]4C(C)(C)[C@@H](O)CC[C@]4(C)[C@H]3[C@@H](O)C[C@@]12C. The Balaban J connectivity index is 1.71. The molecule has 0 amide bonds. The molecule has 10 atom stereocenters. The Morgan fingerprint density at radius 3 is 2.36 bits per heavy atom. The van der Waals surface area contributed by atoms with Gasteiger partial charge in [0.2, 0.25) is 0 Å². The number of aliphatic hydroxyl groups is 3. The fraction of sp³-hybridized carbons (Fsp3) is 0.867. The molecule has 4 aliphatic rings. The highest BCUT2D eigenvalue weighted by molar-refractivity contribution is 5.35. The highest BCUT2D eigenvalue weighted by Gasteiger charge is 2.69. The number of fused-ring (bicyclic) bond motifs is 5. The normalized spacial score (nSPS) is 49.4. The van der Waals surface area contributed by atoms with E-state index in [0.29, 0.717) is 11.8 Å². The highest BCUT2D eigenvalue weighted by Crippen LogP contribution is 2.73. The van der Waals surface area contributed by atoms with Crippen LogP contribution >= 0.6 is 0 Å². The summed E-state index contributed by atoms with van der Waals surface area (Å²) in [7, 11) is 0. The Labute approximate surface area is 202 Å². The molecular formula is C30H50O3. The maximum atomic E-state index is 11.8. The predicted octanol–water partition coefficient (Wildman–Crippen LogP) is 6.28. The van der Waals surface area contributed by atoms with Crippen molar-refractivity contribution in [1.82, 2.24) is 0 Å². The standard InChI is InChI=1S/C30H50O3/c1-18(2)10-9-11-19(3)25-21(31)16-29(7)20-12-13-23-27(4,5)24(33)14-15-28(23,6)26(20)22(32)17-30(25,29)8/h10,12,19,21-26,31-33H,9,11,13-17H2,1-8H3/t19-,21-,22+,23+,24+,25-,26-,28+,29-,30+/m1/s1. The van der Waals surface area contributed by atoms with Gasteiger partial charge in [-0.3, -0.25) is 0 Å². The van der Waals surface area contributed by atoms with Crippen molar-refractivity contribution in [2.75, 3.05) is 0 Å². The molecule has 0 aromatic heterocycles. The van der Waals surface area contributed by atoms with Gasteiger partial charge in [0.15, 0.2) is 0 Å². The van der Waals surface area contributed by atoms with Crippen LogP contribution in [0.15, 0.2) is 23.3 Å². The zero-order valence-electron chi connectivity index (χ0n) is 22.5. The van der Waals surface area contributed by atoms with Crippen molar-refractivity contribution in [2.45, 2.75) is 119 Å². The summed E-state index contributed by atoms with van der Waals surface area (Å²) in [5.41, 5.74) is 2.44. The fourth-order valence-corrected chi connectivity index (χ4v) is 9.72. The number of hydrogen-bond donors (Lipinski definition) is 3. The van der Waals surface area contributed by atoms with Crippen molar-refractivity contribution in [1.29, 1.82) is 0 Å². The second-order valence-corrected chi connectivity index (χ2v) is 14.0. The van der Waals surface area contributed by atoms with Gasteiger partial charge >= 0.3 is 0 Å². The van der Waals surface area contributed by atoms with Crippen LogP contribution in [0.5, 0.6) is 0 Å². The van der Waals surface area contributed by atoms with Crippen LogP contribution in [0.2, 0.25) is 0 Å². The van der Waals surface area contributed by atoms with Crippen molar-refractivity contribution >= 4 is 0 Å². The van der Waals surface area contributed by atoms with Crippen molar-refractivity contribution in [3.05, 3.63) is 23.3 Å². The molecule has 0 radical (unpaired) electrons. The van der Waals surface area contributed by atoms with Gasteiger partial charge in [-0.25, -0.2) is 0 Å². The first-order valence-corrected chi connectivity index (χ1v) is 13.6. The number of hydrogen-bond acceptors (Lipinski definition) is 3. The van der Waals surface area contributed by atoms with E-state index in [1.165, 1.54) is 11.1 Å². The largest absolute Gasteiger partial charge is 0.393 e. The Hall–Kier alpha value is -0.640. The van der Waals surface area contributed by atoms with Crippen molar-refractivity contribution in [3.8, 4) is 0 Å². The van der Waals surface area contributed by atoms with E-state index in [2.05, 4.69) is 67.5 Å². The molecule has 0 heterocycles. The maximum Gasteiger partial charge on any atom is 0.0616 e. The lowest BCUT2D eigenvalue weighted by Gasteiger charge is -2.65. The zero-order chi connectivity index (χ0) is 24.6. The van der Waals surface area contributed by atoms with Gasteiger partial charge in [-0.15, -0.1) is 0 Å². The van der Waals surface area contributed by atoms with E-state index in [0.717, 1.165) is 44.9 Å². The highest BCUT2D eigenvalue weighted by atomic mass is 16.3. The smallest absolute Gasteiger partial charge is 0.0616 e. The Bertz CT molecular complexity index is 822. The van der Waals surface area contributed by atoms with Crippen LogP contribution < -0.4 is 0 Å². The molecule has 0 spiro atoms. The minimum Gasteiger partial charge on any atom is -0.393 e. The summed E-state index contributed by atoms with van der Waals surface area (Å²) in [6, 6.07) is 0. The molecule has 0 bridgehead atoms. The minimum absolute atomic E-state index is 0.00529. The van der Waals surface area contributed by atoms with Crippen LogP contribution in [0.25, 0.3) is 0 Å². The lowest BCUT2D eigenvalue weighted by molar-refractivity contribution is -0.161. The van der Waals surface area contributed by atoms with E-state index in [1.54, 1.807) is 0 Å². The molecule has 3 saturated carbocycles. The second kappa shape index (κ2) is 8.20. The fourth-order valence-electron chi connectivity index (χ4n) is 9.72. The second-order valence-electron chi connectivity index (χ2n) is 14.0. The minimum atomic E-state index is -0.383. The summed E-state index contributed by atoms with van der Waals surface area (Å²) < 4.78 is 0. The van der Waals surface area contributed by atoms with Crippen LogP contribution in [0, 0.1) is 45.3 Å². The first kappa shape index (κ1) is 25.5. The maximum absolute atomic E-state index is 11.8. The van der Waals surface area contributed by atoms with Crippen LogP contribution in [0.3, 0.4) is 0 Å². The average Bonchev–Trinajstić information content (AvgIpc) is 2.89. The Morgan fingerprint density at radius 2 is 1.73 bits per heavy atom. The van der Waals surface area contributed by atoms with E-state index in [9.17, 15) is 15.3 Å². The lowest BCUT2D eigenvalue weighted by atomic mass is 9.40. The summed E-state index contributed by atoms with van der Waals surface area (Å²) in [5, 5.41) is 34.1. The summed E-state index contributed by atoms with van der Waals surface area (Å²) in [6.45, 7) is 18.2. The van der Waals surface area contributed by atoms with Gasteiger partial charge in [0.25, 0.3) is 0 Å². The number of aliphatic hydroxyl groups excluding tert-OH is 3. The molecule has 3 fully saturated rings. The quantitative estimate of drug-likeness (QED) is 0.435. The summed E-state index contributed by atoms with van der Waals surface area (Å²) in [5.74, 6) is 1.13. The van der Waals surface area contributed by atoms with Crippen LogP contribution in [0.1, 0.15) is 100 Å². The lowest BCUT2D eigenvalue weighted by Crippen LogP contribution is -2.61. The molecule has 0 aromatic rings. The van der Waals surface area contributed by atoms with E-state index in [4.69, 9.17) is 0 Å². The van der Waals surface area contributed by atoms with E-state index < -0.39 is 0 Å². The third-order valence-corrected chi connectivity index (χ3v) is 11.6. The number of rotatable bonds is 4. The zero-order valence-corrected chi connectivity index (χ0v) is 22.5. The van der Waals surface area contributed by atoms with Gasteiger partial charge in [-0.1, -0.05) is 64.8 Å². The molecule has 0 aliphatic heterocycles. The molecule has 188 valence electrons. The molecule has 0 unspecified atom stereocenters. The van der Waals surface area contributed by atoms with E-state index in [1.807, 2.05) is 0 Å². The van der Waals surface area contributed by atoms with Gasteiger partial charge in [0.05, 0.1) is 18.3 Å². The van der Waals surface area contributed by atoms with E-state index in [-0.39, 0.29) is 51.8 Å². The van der Waals surface area contributed by atoms with Gasteiger partial charge in [0, 0.05) is 5.92 Å². The first-order valence-electron chi connectivity index (χ1n) is 13.6. The van der Waals surface area contributed by atoms with Crippen molar-refractivity contribution in [2.24, 2.45) is 45.3 Å². The molecular weight excluding hydrogens is 408 g/mol. The van der Waals surface area contributed by atoms with Crippen molar-refractivity contribution in [3.63, 3.8) is 0 Å². The molecule has 4 aliphatic carbocycles. The van der Waals surface area contributed by atoms with Gasteiger partial charge in [-0.2, -0.15) is 0 Å². The molecule has 0 aromatic carbocycles. The number of allylic oxidation sites excluding steroid dienone is 3. The van der Waals surface area contributed by atoms with Crippen LogP contribution in [0.4, 0.5) is 0 Å². The monoisotopic (exact) mass is 458 g/mol. The Morgan fingerprint density at radius 1 is 1.06 bits per heavy atom. The van der Waals surface area contributed by atoms with Gasteiger partial charge in [0.1, 0.15) is 0 Å². The van der Waals surface area contributed by atoms with E-state index >= 15 is 0 Å². The molecule has 0 saturated heterocycles. The summed E-state index contributed by atoms with van der Waals surface area (Å²) in [6.07, 6.45) is 10.3. The third-order valence-electron chi connectivity index (χ3n) is 11.6. The molecule has 3 heteroatoms. The predicted molar refractivity (Wildman–Crippen MR) is 136 cm³/mol. The molecule has 3 nitrogen and oxygen atoms in total. The molecule has 33 heavy (non-hydrogen) atoms. The average molecular weight is 459 g/mol. The van der Waals surface area contributed by atoms with Gasteiger partial charge < -0.3 is 15.3 Å². The van der Waals surface area contributed by atoms with Gasteiger partial charge in [-0.05, 0) is 98.2 Å². The third kappa shape index (κ3) is 3.54. The first-order chi connectivity index (χ1) is 15.2. The van der Waals surface area contributed by atoms with Crippen molar-refractivity contribution < 1.29 is 15.3 Å². The van der Waals surface area contributed by atoms with Crippen LogP contribution in [-0.4, -0.2) is 33.6 Å². The molecule has 4 rings (SSSR count).